The van der Waals surface area contributed by atoms with Gasteiger partial charge in [-0.15, -0.1) is 0 Å². The molecule has 0 aliphatic rings. The normalized spacial score (nSPS) is 11.6. The molecule has 0 spiro atoms. The third-order valence-corrected chi connectivity index (χ3v) is 8.97. The van der Waals surface area contributed by atoms with Crippen LogP contribution in [-0.2, 0) is 21.1 Å². The molecule has 0 amide bonds. The Labute approximate surface area is 278 Å². The van der Waals surface area contributed by atoms with Gasteiger partial charge in [-0.1, -0.05) is 142 Å². The number of carbonyl (C=O) groups is 2. The number of aromatic amines is 1. The van der Waals surface area contributed by atoms with Crippen molar-refractivity contribution in [2.75, 3.05) is 5.73 Å². The van der Waals surface area contributed by atoms with Crippen molar-refractivity contribution in [1.82, 2.24) is 19.5 Å². The van der Waals surface area contributed by atoms with E-state index < -0.39 is 11.7 Å². The van der Waals surface area contributed by atoms with E-state index in [2.05, 4.69) is 28.8 Å². The molecule has 0 radical (unpaired) electrons. The van der Waals surface area contributed by atoms with Crippen molar-refractivity contribution in [1.29, 1.82) is 0 Å². The fraction of sp³-hybridized carbons (Fsp3) is 0.811. The van der Waals surface area contributed by atoms with Gasteiger partial charge in [0.15, 0.2) is 11.2 Å². The van der Waals surface area contributed by atoms with Crippen LogP contribution in [0.3, 0.4) is 0 Å². The first kappa shape index (κ1) is 39.6. The van der Waals surface area contributed by atoms with Gasteiger partial charge in [0.1, 0.15) is 18.3 Å². The van der Waals surface area contributed by atoms with Crippen LogP contribution in [0.15, 0.2) is 11.1 Å². The number of hydrogen-bond acceptors (Lipinski definition) is 7. The lowest BCUT2D eigenvalue weighted by molar-refractivity contribution is -0.127. The summed E-state index contributed by atoms with van der Waals surface area (Å²) in [4.78, 5) is 48.8. The Balaban J connectivity index is 1.74. The number of unbranched alkanes of at least 4 members (excludes halogenated alkanes) is 20. The van der Waals surface area contributed by atoms with Gasteiger partial charge in [-0.25, -0.2) is 4.98 Å². The van der Waals surface area contributed by atoms with Crippen molar-refractivity contribution in [3.05, 3.63) is 16.7 Å². The number of aromatic nitrogens is 4. The number of nitrogens with zero attached hydrogens (tertiary/aromatic N) is 3. The number of anilines is 1. The number of carbonyl (C=O) groups excluding carboxylic acids is 2. The molecule has 2 rings (SSSR count). The number of hydrogen-bond donors (Lipinski definition) is 2. The van der Waals surface area contributed by atoms with Crippen molar-refractivity contribution in [3.8, 4) is 0 Å². The molecule has 9 heteroatoms. The number of H-pyrrole nitrogens is 1. The Bertz CT molecular complexity index is 1100. The van der Waals surface area contributed by atoms with Gasteiger partial charge in [-0.3, -0.25) is 23.9 Å². The van der Waals surface area contributed by atoms with Crippen molar-refractivity contribution in [2.24, 2.45) is 0 Å². The topological polar surface area (TPSA) is 133 Å². The number of ketones is 2. The predicted octanol–water partition coefficient (Wildman–Crippen LogP) is 9.37. The highest BCUT2D eigenvalue weighted by Gasteiger charge is 2.19. The first-order chi connectivity index (χ1) is 22.4. The van der Waals surface area contributed by atoms with Crippen LogP contribution in [-0.4, -0.2) is 37.2 Å². The van der Waals surface area contributed by atoms with Crippen LogP contribution in [0, 0.1) is 0 Å². The van der Waals surface area contributed by atoms with Gasteiger partial charge in [0.2, 0.25) is 5.95 Å². The molecule has 0 saturated carbocycles. The first-order valence-corrected chi connectivity index (χ1v) is 18.8. The van der Waals surface area contributed by atoms with Crippen LogP contribution in [0.25, 0.3) is 11.2 Å². The van der Waals surface area contributed by atoms with Gasteiger partial charge in [0.05, 0.1) is 12.4 Å². The summed E-state index contributed by atoms with van der Waals surface area (Å²) in [6, 6.07) is 0. The number of rotatable bonds is 31. The molecular formula is C37H65N5O4. The summed E-state index contributed by atoms with van der Waals surface area (Å²) in [6.07, 6.45) is 29.7. The minimum Gasteiger partial charge on any atom is -0.369 e. The van der Waals surface area contributed by atoms with E-state index in [4.69, 9.17) is 10.5 Å². The van der Waals surface area contributed by atoms with Crippen LogP contribution in [0.4, 0.5) is 5.95 Å². The smallest absolute Gasteiger partial charge is 0.280 e. The summed E-state index contributed by atoms with van der Waals surface area (Å²) >= 11 is 0. The lowest BCUT2D eigenvalue weighted by Gasteiger charge is -2.17. The van der Waals surface area contributed by atoms with E-state index >= 15 is 0 Å². The molecule has 0 saturated heterocycles. The molecule has 0 fully saturated rings. The van der Waals surface area contributed by atoms with Crippen LogP contribution in [0.1, 0.15) is 181 Å². The van der Waals surface area contributed by atoms with E-state index in [0.29, 0.717) is 18.5 Å². The van der Waals surface area contributed by atoms with Gasteiger partial charge in [0, 0.05) is 25.7 Å². The maximum atomic E-state index is 12.9. The second-order valence-corrected chi connectivity index (χ2v) is 13.3. The second kappa shape index (κ2) is 25.5. The largest absolute Gasteiger partial charge is 0.369 e. The third kappa shape index (κ3) is 18.0. The standard InChI is InChI=1S/C37H65N5O4/c1-3-5-7-9-11-13-15-17-19-21-23-25-31(43)27-33(46-30-42-29-39-34-35(42)40-37(38)41-36(34)45)28-32(44)26-24-22-20-18-16-14-12-10-8-6-4-2/h29,33H,3-28,30H2,1-2H3,(H3,38,40,41,45). The van der Waals surface area contributed by atoms with Crippen molar-refractivity contribution in [2.45, 2.75) is 194 Å². The van der Waals surface area contributed by atoms with Gasteiger partial charge in [-0.2, -0.15) is 4.98 Å². The van der Waals surface area contributed by atoms with Crippen LogP contribution in [0.5, 0.6) is 0 Å². The number of nitrogen functional groups attached to an aromatic ring is 1. The second-order valence-electron chi connectivity index (χ2n) is 13.3. The van der Waals surface area contributed by atoms with Crippen molar-refractivity contribution >= 4 is 28.7 Å². The molecule has 2 aromatic heterocycles. The summed E-state index contributed by atoms with van der Waals surface area (Å²) in [6.45, 7) is 4.54. The van der Waals surface area contributed by atoms with Crippen molar-refractivity contribution in [3.63, 3.8) is 0 Å². The molecule has 0 aromatic carbocycles. The zero-order valence-electron chi connectivity index (χ0n) is 29.3. The molecule has 9 nitrogen and oxygen atoms in total. The van der Waals surface area contributed by atoms with Crippen molar-refractivity contribution < 1.29 is 14.3 Å². The molecule has 0 atom stereocenters. The van der Waals surface area contributed by atoms with Gasteiger partial charge < -0.3 is 10.5 Å². The average molecular weight is 644 g/mol. The number of nitrogens with two attached hydrogens (primary N) is 1. The highest BCUT2D eigenvalue weighted by Crippen LogP contribution is 2.17. The zero-order valence-corrected chi connectivity index (χ0v) is 29.3. The number of fused-ring (bicyclic) bond motifs is 1. The SMILES string of the molecule is CCCCCCCCCCCCCC(=O)CC(CC(=O)CCCCCCCCCCCCC)OCn1cnc2c(=O)[nH]c(N)nc21. The molecule has 0 unspecified atom stereocenters. The summed E-state index contributed by atoms with van der Waals surface area (Å²) < 4.78 is 7.71. The average Bonchev–Trinajstić information content (AvgIpc) is 3.44. The number of ether oxygens (including phenoxy) is 1. The lowest BCUT2D eigenvalue weighted by atomic mass is 9.99. The zero-order chi connectivity index (χ0) is 33.2. The van der Waals surface area contributed by atoms with E-state index in [-0.39, 0.29) is 42.6 Å². The highest BCUT2D eigenvalue weighted by molar-refractivity contribution is 5.82. The number of imidazole rings is 1. The fourth-order valence-corrected chi connectivity index (χ4v) is 6.13. The number of nitrogens with one attached hydrogen (secondary N) is 1. The first-order valence-electron chi connectivity index (χ1n) is 18.8. The maximum absolute atomic E-state index is 12.9. The fourth-order valence-electron chi connectivity index (χ4n) is 6.13. The van der Waals surface area contributed by atoms with E-state index in [1.165, 1.54) is 122 Å². The Morgan fingerprint density at radius 1 is 0.717 bits per heavy atom. The van der Waals surface area contributed by atoms with Crippen LogP contribution < -0.4 is 11.3 Å². The molecule has 3 N–H and O–H groups in total. The number of Topliss-reactive ketones (excluding diaryl/α,β-unsaturated/α-hetero) is 2. The van der Waals surface area contributed by atoms with Gasteiger partial charge in [-0.05, 0) is 12.8 Å². The van der Waals surface area contributed by atoms with Gasteiger partial charge >= 0.3 is 0 Å². The van der Waals surface area contributed by atoms with E-state index in [1.807, 2.05) is 0 Å². The Kier molecular flexibility index (Phi) is 22.0. The molecular weight excluding hydrogens is 578 g/mol. The molecule has 262 valence electrons. The Morgan fingerprint density at radius 3 is 1.57 bits per heavy atom. The Morgan fingerprint density at radius 2 is 1.13 bits per heavy atom. The van der Waals surface area contributed by atoms with Crippen LogP contribution in [0.2, 0.25) is 0 Å². The highest BCUT2D eigenvalue weighted by atomic mass is 16.5. The molecule has 2 aromatic rings. The molecule has 2 heterocycles. The molecule has 46 heavy (non-hydrogen) atoms. The lowest BCUT2D eigenvalue weighted by Crippen LogP contribution is -2.23. The predicted molar refractivity (Wildman–Crippen MR) is 189 cm³/mol. The Hall–Kier alpha value is -2.55. The van der Waals surface area contributed by atoms with Gasteiger partial charge in [0.25, 0.3) is 5.56 Å². The van der Waals surface area contributed by atoms with E-state index in [0.717, 1.165) is 25.7 Å². The summed E-state index contributed by atoms with van der Waals surface area (Å²) in [5.74, 6) is 0.274. The summed E-state index contributed by atoms with van der Waals surface area (Å²) in [5.41, 5.74) is 5.81. The molecule has 0 aliphatic carbocycles. The van der Waals surface area contributed by atoms with Crippen LogP contribution >= 0.6 is 0 Å². The van der Waals surface area contributed by atoms with E-state index in [1.54, 1.807) is 4.57 Å². The summed E-state index contributed by atoms with van der Waals surface area (Å²) in [5, 5.41) is 0. The quantitative estimate of drug-likeness (QED) is 0.0782. The molecule has 0 aliphatic heterocycles. The maximum Gasteiger partial charge on any atom is 0.280 e. The summed E-state index contributed by atoms with van der Waals surface area (Å²) in [7, 11) is 0. The monoisotopic (exact) mass is 644 g/mol. The molecule has 0 bridgehead atoms. The minimum atomic E-state index is -0.516. The van der Waals surface area contributed by atoms with E-state index in [9.17, 15) is 14.4 Å². The minimum absolute atomic E-state index is 0.0000954. The third-order valence-electron chi connectivity index (χ3n) is 8.97.